The Morgan fingerprint density at radius 2 is 2.26 bits per heavy atom. The van der Waals surface area contributed by atoms with E-state index in [9.17, 15) is 8.42 Å². The van der Waals surface area contributed by atoms with Gasteiger partial charge >= 0.3 is 0 Å². The molecule has 19 heavy (non-hydrogen) atoms. The number of hydrogen-bond donors (Lipinski definition) is 3. The van der Waals surface area contributed by atoms with Crippen LogP contribution in [0.25, 0.3) is 0 Å². The summed E-state index contributed by atoms with van der Waals surface area (Å²) in [4.78, 5) is 0. The van der Waals surface area contributed by atoms with E-state index in [1.54, 1.807) is 6.92 Å². The molecule has 1 saturated carbocycles. The highest BCUT2D eigenvalue weighted by atomic mass is 32.2. The standard InChI is InChI=1S/C12H22N4O2S/c1-3-19(17,18)14-7-9(2)13-8-11-6-12(16-15-11)10-4-5-10/h6,9-10,13-14H,3-5,7-8H2,1-2H3,(H,15,16)/t9-/m0/s1. The van der Waals surface area contributed by atoms with Crippen LogP contribution in [0.1, 0.15) is 44.0 Å². The average Bonchev–Trinajstić information content (AvgIpc) is 3.13. The fourth-order valence-electron chi connectivity index (χ4n) is 1.77. The van der Waals surface area contributed by atoms with Crippen molar-refractivity contribution in [3.63, 3.8) is 0 Å². The summed E-state index contributed by atoms with van der Waals surface area (Å²) in [6, 6.07) is 2.17. The summed E-state index contributed by atoms with van der Waals surface area (Å²) in [5.74, 6) is 0.768. The highest BCUT2D eigenvalue weighted by Gasteiger charge is 2.25. The van der Waals surface area contributed by atoms with Crippen molar-refractivity contribution in [1.29, 1.82) is 0 Å². The van der Waals surface area contributed by atoms with Crippen LogP contribution in [0.5, 0.6) is 0 Å². The third-order valence-corrected chi connectivity index (χ3v) is 4.64. The van der Waals surface area contributed by atoms with Crippen molar-refractivity contribution in [2.75, 3.05) is 12.3 Å². The van der Waals surface area contributed by atoms with Gasteiger partial charge in [0.15, 0.2) is 0 Å². The highest BCUT2D eigenvalue weighted by Crippen LogP contribution is 2.38. The second-order valence-electron chi connectivity index (χ2n) is 5.13. The van der Waals surface area contributed by atoms with Crippen LogP contribution in [-0.4, -0.2) is 37.0 Å². The molecule has 0 aromatic carbocycles. The summed E-state index contributed by atoms with van der Waals surface area (Å²) >= 11 is 0. The number of aromatic nitrogens is 2. The number of hydrogen-bond acceptors (Lipinski definition) is 4. The van der Waals surface area contributed by atoms with Crippen LogP contribution in [0.2, 0.25) is 0 Å². The van der Waals surface area contributed by atoms with Crippen molar-refractivity contribution in [2.24, 2.45) is 0 Å². The first kappa shape index (κ1) is 14.5. The zero-order chi connectivity index (χ0) is 13.9. The maximum Gasteiger partial charge on any atom is 0.211 e. The number of sulfonamides is 1. The molecule has 0 aliphatic heterocycles. The molecule has 0 radical (unpaired) electrons. The van der Waals surface area contributed by atoms with Gasteiger partial charge in [-0.2, -0.15) is 5.10 Å². The van der Waals surface area contributed by atoms with Gasteiger partial charge in [-0.25, -0.2) is 13.1 Å². The molecule has 6 nitrogen and oxygen atoms in total. The van der Waals surface area contributed by atoms with Crippen LogP contribution < -0.4 is 10.0 Å². The van der Waals surface area contributed by atoms with Gasteiger partial charge in [-0.1, -0.05) is 0 Å². The minimum Gasteiger partial charge on any atom is -0.307 e. The van der Waals surface area contributed by atoms with Crippen LogP contribution in [0, 0.1) is 0 Å². The average molecular weight is 286 g/mol. The molecule has 7 heteroatoms. The van der Waals surface area contributed by atoms with Crippen LogP contribution in [0.15, 0.2) is 6.07 Å². The van der Waals surface area contributed by atoms with Crippen molar-refractivity contribution < 1.29 is 8.42 Å². The highest BCUT2D eigenvalue weighted by molar-refractivity contribution is 7.89. The second kappa shape index (κ2) is 6.02. The Morgan fingerprint density at radius 3 is 2.89 bits per heavy atom. The number of rotatable bonds is 8. The molecule has 1 heterocycles. The van der Waals surface area contributed by atoms with Crippen LogP contribution in [0.3, 0.4) is 0 Å². The van der Waals surface area contributed by atoms with E-state index in [2.05, 4.69) is 26.3 Å². The third kappa shape index (κ3) is 4.59. The largest absolute Gasteiger partial charge is 0.307 e. The van der Waals surface area contributed by atoms with Crippen molar-refractivity contribution in [3.05, 3.63) is 17.5 Å². The quantitative estimate of drug-likeness (QED) is 0.656. The first-order valence-corrected chi connectivity index (χ1v) is 8.40. The lowest BCUT2D eigenvalue weighted by atomic mass is 10.2. The Morgan fingerprint density at radius 1 is 1.53 bits per heavy atom. The van der Waals surface area contributed by atoms with Crippen molar-refractivity contribution in [2.45, 2.75) is 45.2 Å². The topological polar surface area (TPSA) is 86.9 Å². The second-order valence-corrected chi connectivity index (χ2v) is 7.22. The molecular formula is C12H22N4O2S. The molecule has 0 unspecified atom stereocenters. The van der Waals surface area contributed by atoms with Gasteiger partial charge in [0.05, 0.1) is 11.4 Å². The Hall–Kier alpha value is -0.920. The SMILES string of the molecule is CCS(=O)(=O)NC[C@H](C)NCc1cc(C2CC2)n[nH]1. The van der Waals surface area contributed by atoms with Crippen molar-refractivity contribution in [3.8, 4) is 0 Å². The van der Waals surface area contributed by atoms with E-state index in [0.717, 1.165) is 11.4 Å². The third-order valence-electron chi connectivity index (χ3n) is 3.28. The fourth-order valence-corrected chi connectivity index (χ4v) is 2.48. The van der Waals surface area contributed by atoms with Crippen molar-refractivity contribution >= 4 is 10.0 Å². The van der Waals surface area contributed by atoms with E-state index in [0.29, 0.717) is 19.0 Å². The first-order chi connectivity index (χ1) is 9.00. The van der Waals surface area contributed by atoms with E-state index in [-0.39, 0.29) is 11.8 Å². The molecule has 0 saturated heterocycles. The summed E-state index contributed by atoms with van der Waals surface area (Å²) in [5.41, 5.74) is 2.20. The lowest BCUT2D eigenvalue weighted by Crippen LogP contribution is -2.39. The minimum absolute atomic E-state index is 0.0778. The molecule has 0 bridgehead atoms. The maximum absolute atomic E-state index is 11.3. The molecule has 1 fully saturated rings. The molecule has 1 aliphatic carbocycles. The maximum atomic E-state index is 11.3. The summed E-state index contributed by atoms with van der Waals surface area (Å²) in [6.07, 6.45) is 2.49. The molecule has 3 N–H and O–H groups in total. The summed E-state index contributed by atoms with van der Waals surface area (Å²) in [7, 11) is -3.11. The molecule has 1 aliphatic rings. The molecule has 108 valence electrons. The molecule has 1 atom stereocenters. The number of nitrogens with one attached hydrogen (secondary N) is 3. The molecule has 1 aromatic rings. The smallest absolute Gasteiger partial charge is 0.211 e. The summed E-state index contributed by atoms with van der Waals surface area (Å²) < 4.78 is 25.2. The Kier molecular flexibility index (Phi) is 4.59. The van der Waals surface area contributed by atoms with Crippen LogP contribution in [-0.2, 0) is 16.6 Å². The van der Waals surface area contributed by atoms with Gasteiger partial charge in [-0.15, -0.1) is 0 Å². The lowest BCUT2D eigenvalue weighted by Gasteiger charge is -2.13. The Balaban J connectivity index is 1.71. The van der Waals surface area contributed by atoms with Gasteiger partial charge in [0.1, 0.15) is 0 Å². The molecule has 2 rings (SSSR count). The van der Waals surface area contributed by atoms with E-state index in [1.807, 2.05) is 6.92 Å². The van der Waals surface area contributed by atoms with E-state index in [1.165, 1.54) is 12.8 Å². The number of aromatic amines is 1. The Bertz CT molecular complexity index is 508. The first-order valence-electron chi connectivity index (χ1n) is 6.75. The normalized spacial score (nSPS) is 17.6. The van der Waals surface area contributed by atoms with Gasteiger partial charge in [0.25, 0.3) is 0 Å². The fraction of sp³-hybridized carbons (Fsp3) is 0.750. The van der Waals surface area contributed by atoms with E-state index < -0.39 is 10.0 Å². The predicted octanol–water partition coefficient (Wildman–Crippen LogP) is 0.705. The molecule has 0 spiro atoms. The van der Waals surface area contributed by atoms with E-state index in [4.69, 9.17) is 0 Å². The minimum atomic E-state index is -3.11. The molecule has 1 aromatic heterocycles. The molecule has 0 amide bonds. The Labute approximate surface area is 114 Å². The zero-order valence-corrected chi connectivity index (χ0v) is 12.3. The number of nitrogens with zero attached hydrogens (tertiary/aromatic N) is 1. The monoisotopic (exact) mass is 286 g/mol. The number of H-pyrrole nitrogens is 1. The van der Waals surface area contributed by atoms with Gasteiger partial charge in [0, 0.05) is 30.7 Å². The molecular weight excluding hydrogens is 264 g/mol. The summed E-state index contributed by atoms with van der Waals surface area (Å²) in [5, 5.41) is 10.6. The lowest BCUT2D eigenvalue weighted by molar-refractivity contribution is 0.521. The van der Waals surface area contributed by atoms with Gasteiger partial charge in [-0.3, -0.25) is 5.10 Å². The van der Waals surface area contributed by atoms with Crippen LogP contribution in [0.4, 0.5) is 0 Å². The van der Waals surface area contributed by atoms with Crippen molar-refractivity contribution in [1.82, 2.24) is 20.2 Å². The van der Waals surface area contributed by atoms with E-state index >= 15 is 0 Å². The summed E-state index contributed by atoms with van der Waals surface area (Å²) in [6.45, 7) is 4.66. The van der Waals surface area contributed by atoms with Gasteiger partial charge < -0.3 is 5.32 Å². The van der Waals surface area contributed by atoms with Crippen LogP contribution >= 0.6 is 0 Å². The van der Waals surface area contributed by atoms with Gasteiger partial charge in [0.2, 0.25) is 10.0 Å². The van der Waals surface area contributed by atoms with Gasteiger partial charge in [-0.05, 0) is 32.8 Å². The predicted molar refractivity (Wildman–Crippen MR) is 74.3 cm³/mol. The zero-order valence-electron chi connectivity index (χ0n) is 11.4.